The lowest BCUT2D eigenvalue weighted by Gasteiger charge is -2.18. The van der Waals surface area contributed by atoms with Crippen LogP contribution in [0.15, 0.2) is 18.2 Å². The lowest BCUT2D eigenvalue weighted by molar-refractivity contribution is 0.353. The lowest BCUT2D eigenvalue weighted by atomic mass is 10.0. The second-order valence-corrected chi connectivity index (χ2v) is 3.85. The van der Waals surface area contributed by atoms with E-state index in [1.165, 1.54) is 5.56 Å². The van der Waals surface area contributed by atoms with Crippen LogP contribution in [-0.2, 0) is 0 Å². The molecule has 1 aromatic rings. The molecule has 0 saturated heterocycles. The molecule has 4 heteroatoms. The molecule has 0 spiro atoms. The summed E-state index contributed by atoms with van der Waals surface area (Å²) >= 11 is 0. The highest BCUT2D eigenvalue weighted by molar-refractivity contribution is 5.43. The molecule has 17 heavy (non-hydrogen) atoms. The van der Waals surface area contributed by atoms with E-state index in [0.717, 1.165) is 24.5 Å². The smallest absolute Gasteiger partial charge is 0.161 e. The fourth-order valence-electron chi connectivity index (χ4n) is 1.84. The summed E-state index contributed by atoms with van der Waals surface area (Å²) in [6.45, 7) is 0.972. The van der Waals surface area contributed by atoms with E-state index in [1.807, 2.05) is 26.2 Å². The van der Waals surface area contributed by atoms with Crippen LogP contribution in [0.2, 0.25) is 0 Å². The minimum atomic E-state index is 0.322. The standard InChI is InChI=1S/C13H22N2O2/c1-14-8-7-11(15-2)10-5-6-12(16-3)13(9-10)17-4/h5-6,9,11,14-15H,7-8H2,1-4H3. The topological polar surface area (TPSA) is 42.5 Å². The van der Waals surface area contributed by atoms with Crippen LogP contribution < -0.4 is 20.1 Å². The third kappa shape index (κ3) is 3.61. The molecule has 0 saturated carbocycles. The van der Waals surface area contributed by atoms with Gasteiger partial charge in [0, 0.05) is 6.04 Å². The third-order valence-corrected chi connectivity index (χ3v) is 2.84. The Labute approximate surface area is 103 Å². The van der Waals surface area contributed by atoms with Crippen molar-refractivity contribution in [3.05, 3.63) is 23.8 Å². The van der Waals surface area contributed by atoms with Crippen molar-refractivity contribution in [3.63, 3.8) is 0 Å². The van der Waals surface area contributed by atoms with Gasteiger partial charge in [0.25, 0.3) is 0 Å². The summed E-state index contributed by atoms with van der Waals surface area (Å²) in [6.07, 6.45) is 1.03. The molecule has 0 amide bonds. The molecule has 96 valence electrons. The summed E-state index contributed by atoms with van der Waals surface area (Å²) in [5.41, 5.74) is 1.21. The van der Waals surface area contributed by atoms with Crippen molar-refractivity contribution in [1.29, 1.82) is 0 Å². The second kappa shape index (κ2) is 7.14. The van der Waals surface area contributed by atoms with Gasteiger partial charge in [-0.25, -0.2) is 0 Å². The molecule has 4 nitrogen and oxygen atoms in total. The number of rotatable bonds is 7. The maximum atomic E-state index is 5.31. The van der Waals surface area contributed by atoms with Crippen molar-refractivity contribution in [1.82, 2.24) is 10.6 Å². The van der Waals surface area contributed by atoms with E-state index in [0.29, 0.717) is 6.04 Å². The zero-order valence-electron chi connectivity index (χ0n) is 11.0. The van der Waals surface area contributed by atoms with Crippen molar-refractivity contribution in [3.8, 4) is 11.5 Å². The lowest BCUT2D eigenvalue weighted by Crippen LogP contribution is -2.21. The highest BCUT2D eigenvalue weighted by atomic mass is 16.5. The van der Waals surface area contributed by atoms with Crippen LogP contribution in [0, 0.1) is 0 Å². The first-order valence-corrected chi connectivity index (χ1v) is 5.80. The zero-order valence-corrected chi connectivity index (χ0v) is 11.0. The predicted molar refractivity (Wildman–Crippen MR) is 69.9 cm³/mol. The van der Waals surface area contributed by atoms with Gasteiger partial charge >= 0.3 is 0 Å². The van der Waals surface area contributed by atoms with Gasteiger partial charge in [-0.2, -0.15) is 0 Å². The van der Waals surface area contributed by atoms with Gasteiger partial charge in [-0.15, -0.1) is 0 Å². The van der Waals surface area contributed by atoms with Crippen LogP contribution in [0.5, 0.6) is 11.5 Å². The van der Waals surface area contributed by atoms with Gasteiger partial charge in [0.15, 0.2) is 11.5 Å². The van der Waals surface area contributed by atoms with E-state index in [4.69, 9.17) is 9.47 Å². The first-order chi connectivity index (χ1) is 8.26. The molecular formula is C13H22N2O2. The van der Waals surface area contributed by atoms with Gasteiger partial charge in [-0.1, -0.05) is 6.07 Å². The maximum Gasteiger partial charge on any atom is 0.161 e. The molecule has 0 radical (unpaired) electrons. The molecule has 0 heterocycles. The largest absolute Gasteiger partial charge is 0.493 e. The van der Waals surface area contributed by atoms with Crippen molar-refractivity contribution in [2.24, 2.45) is 0 Å². The van der Waals surface area contributed by atoms with Crippen LogP contribution in [0.1, 0.15) is 18.0 Å². The average Bonchev–Trinajstić information content (AvgIpc) is 2.39. The molecule has 1 rings (SSSR count). The number of nitrogens with one attached hydrogen (secondary N) is 2. The van der Waals surface area contributed by atoms with E-state index in [1.54, 1.807) is 14.2 Å². The molecule has 0 bridgehead atoms. The molecule has 0 aliphatic heterocycles. The molecule has 1 unspecified atom stereocenters. The number of hydrogen-bond donors (Lipinski definition) is 2. The number of methoxy groups -OCH3 is 2. The molecule has 0 fully saturated rings. The zero-order chi connectivity index (χ0) is 12.7. The summed E-state index contributed by atoms with van der Waals surface area (Å²) in [5.74, 6) is 1.54. The van der Waals surface area contributed by atoms with Gasteiger partial charge in [0.1, 0.15) is 0 Å². The van der Waals surface area contributed by atoms with Crippen LogP contribution in [0.3, 0.4) is 0 Å². The number of benzene rings is 1. The summed E-state index contributed by atoms with van der Waals surface area (Å²) in [7, 11) is 7.23. The Morgan fingerprint density at radius 1 is 1.12 bits per heavy atom. The van der Waals surface area contributed by atoms with Crippen molar-refractivity contribution in [2.45, 2.75) is 12.5 Å². The fraction of sp³-hybridized carbons (Fsp3) is 0.538. The summed E-state index contributed by atoms with van der Waals surface area (Å²) in [4.78, 5) is 0. The Kier molecular flexibility index (Phi) is 5.80. The Morgan fingerprint density at radius 2 is 1.82 bits per heavy atom. The van der Waals surface area contributed by atoms with Gasteiger partial charge in [0.05, 0.1) is 14.2 Å². The molecule has 0 aliphatic rings. The van der Waals surface area contributed by atoms with Gasteiger partial charge in [-0.3, -0.25) is 0 Å². The molecule has 2 N–H and O–H groups in total. The van der Waals surface area contributed by atoms with E-state index in [-0.39, 0.29) is 0 Å². The number of hydrogen-bond acceptors (Lipinski definition) is 4. The molecule has 1 aromatic carbocycles. The fourth-order valence-corrected chi connectivity index (χ4v) is 1.84. The molecule has 0 aliphatic carbocycles. The highest BCUT2D eigenvalue weighted by Gasteiger charge is 2.12. The normalized spacial score (nSPS) is 12.2. The van der Waals surface area contributed by atoms with Crippen molar-refractivity contribution >= 4 is 0 Å². The maximum absolute atomic E-state index is 5.31. The van der Waals surface area contributed by atoms with Crippen LogP contribution in [0.4, 0.5) is 0 Å². The van der Waals surface area contributed by atoms with Crippen LogP contribution >= 0.6 is 0 Å². The minimum absolute atomic E-state index is 0.322. The predicted octanol–water partition coefficient (Wildman–Crippen LogP) is 1.57. The first kappa shape index (κ1) is 13.8. The van der Waals surface area contributed by atoms with Crippen molar-refractivity contribution < 1.29 is 9.47 Å². The average molecular weight is 238 g/mol. The second-order valence-electron chi connectivity index (χ2n) is 3.85. The van der Waals surface area contributed by atoms with Gasteiger partial charge in [0.2, 0.25) is 0 Å². The van der Waals surface area contributed by atoms with Crippen LogP contribution in [-0.4, -0.2) is 34.9 Å². The summed E-state index contributed by atoms with van der Waals surface area (Å²) in [6, 6.07) is 6.35. The molecule has 1 atom stereocenters. The van der Waals surface area contributed by atoms with Crippen LogP contribution in [0.25, 0.3) is 0 Å². The summed E-state index contributed by atoms with van der Waals surface area (Å²) in [5, 5.41) is 6.46. The van der Waals surface area contributed by atoms with E-state index in [2.05, 4.69) is 16.7 Å². The molecule has 0 aromatic heterocycles. The van der Waals surface area contributed by atoms with Crippen molar-refractivity contribution in [2.75, 3.05) is 34.9 Å². The Hall–Kier alpha value is -1.26. The Bertz CT molecular complexity index is 342. The summed E-state index contributed by atoms with van der Waals surface area (Å²) < 4.78 is 10.5. The SMILES string of the molecule is CNCCC(NC)c1ccc(OC)c(OC)c1. The van der Waals surface area contributed by atoms with E-state index < -0.39 is 0 Å². The van der Waals surface area contributed by atoms with Gasteiger partial charge in [-0.05, 0) is 44.8 Å². The minimum Gasteiger partial charge on any atom is -0.493 e. The molecular weight excluding hydrogens is 216 g/mol. The van der Waals surface area contributed by atoms with E-state index >= 15 is 0 Å². The highest BCUT2D eigenvalue weighted by Crippen LogP contribution is 2.30. The third-order valence-electron chi connectivity index (χ3n) is 2.84. The van der Waals surface area contributed by atoms with Gasteiger partial charge < -0.3 is 20.1 Å². The van der Waals surface area contributed by atoms with E-state index in [9.17, 15) is 0 Å². The quantitative estimate of drug-likeness (QED) is 0.757. The Morgan fingerprint density at radius 3 is 2.35 bits per heavy atom. The Balaban J connectivity index is 2.88. The monoisotopic (exact) mass is 238 g/mol. The first-order valence-electron chi connectivity index (χ1n) is 5.80. The number of ether oxygens (including phenoxy) is 2.